The number of nitrogens with two attached hydrogens (primary N) is 1. The number of aryl methyl sites for hydroxylation is 1. The van der Waals surface area contributed by atoms with E-state index >= 15 is 0 Å². The van der Waals surface area contributed by atoms with E-state index in [1.54, 1.807) is 11.3 Å². The molecule has 94 valence electrons. The van der Waals surface area contributed by atoms with E-state index < -0.39 is 0 Å². The van der Waals surface area contributed by atoms with Crippen LogP contribution < -0.4 is 5.73 Å². The van der Waals surface area contributed by atoms with Gasteiger partial charge in [-0.15, -0.1) is 10.2 Å². The van der Waals surface area contributed by atoms with E-state index in [0.29, 0.717) is 0 Å². The summed E-state index contributed by atoms with van der Waals surface area (Å²) in [5.41, 5.74) is 5.46. The molecule has 0 saturated heterocycles. The Bertz CT molecular complexity index is 493. The van der Waals surface area contributed by atoms with Gasteiger partial charge in [-0.2, -0.15) is 9.61 Å². The lowest BCUT2D eigenvalue weighted by atomic mass is 9.96. The molecule has 0 atom stereocenters. The standard InChI is InChI=1S/C11H19N5S/c1-11(2,3)9-13-14-10-16(9)15-8(17-10)6-4-5-7-12/h4-7,12H2,1-3H3. The maximum atomic E-state index is 5.48. The molecule has 0 amide bonds. The topological polar surface area (TPSA) is 69.1 Å². The second-order valence-corrected chi connectivity index (χ2v) is 6.25. The molecule has 2 aromatic heterocycles. The van der Waals surface area contributed by atoms with Gasteiger partial charge in [0, 0.05) is 11.8 Å². The first-order chi connectivity index (χ1) is 8.02. The Morgan fingerprint density at radius 1 is 1.24 bits per heavy atom. The minimum atomic E-state index is -0.0258. The van der Waals surface area contributed by atoms with Crippen molar-refractivity contribution in [3.05, 3.63) is 10.8 Å². The zero-order valence-corrected chi connectivity index (χ0v) is 11.4. The quantitative estimate of drug-likeness (QED) is 0.843. The zero-order chi connectivity index (χ0) is 12.5. The summed E-state index contributed by atoms with van der Waals surface area (Å²) in [6, 6.07) is 0. The molecule has 0 aromatic carbocycles. The van der Waals surface area contributed by atoms with Crippen LogP contribution >= 0.6 is 11.3 Å². The molecule has 2 rings (SSSR count). The largest absolute Gasteiger partial charge is 0.330 e. The summed E-state index contributed by atoms with van der Waals surface area (Å²) in [6.07, 6.45) is 3.12. The first-order valence-corrected chi connectivity index (χ1v) is 6.75. The third-order valence-electron chi connectivity index (χ3n) is 2.55. The van der Waals surface area contributed by atoms with Gasteiger partial charge in [-0.25, -0.2) is 0 Å². The van der Waals surface area contributed by atoms with Crippen LogP contribution in [-0.2, 0) is 11.8 Å². The Kier molecular flexibility index (Phi) is 3.44. The molecule has 0 radical (unpaired) electrons. The smallest absolute Gasteiger partial charge is 0.234 e. The molecule has 0 aliphatic carbocycles. The molecule has 2 aromatic rings. The molecule has 0 saturated carbocycles. The first kappa shape index (κ1) is 12.4. The van der Waals surface area contributed by atoms with E-state index in [1.807, 2.05) is 4.52 Å². The Morgan fingerprint density at radius 2 is 2.00 bits per heavy atom. The molecule has 0 aliphatic rings. The normalized spacial score (nSPS) is 12.5. The van der Waals surface area contributed by atoms with Crippen LogP contribution in [0.5, 0.6) is 0 Å². The van der Waals surface area contributed by atoms with Gasteiger partial charge in [0.1, 0.15) is 5.01 Å². The predicted octanol–water partition coefficient (Wildman–Crippen LogP) is 1.76. The monoisotopic (exact) mass is 253 g/mol. The van der Waals surface area contributed by atoms with Crippen molar-refractivity contribution < 1.29 is 0 Å². The number of nitrogens with zero attached hydrogens (tertiary/aromatic N) is 4. The highest BCUT2D eigenvalue weighted by atomic mass is 32.1. The van der Waals surface area contributed by atoms with Gasteiger partial charge >= 0.3 is 0 Å². The molecule has 17 heavy (non-hydrogen) atoms. The van der Waals surface area contributed by atoms with Crippen LogP contribution in [0.1, 0.15) is 44.4 Å². The predicted molar refractivity (Wildman–Crippen MR) is 69.4 cm³/mol. The summed E-state index contributed by atoms with van der Waals surface area (Å²) >= 11 is 1.62. The van der Waals surface area contributed by atoms with Crippen molar-refractivity contribution in [2.45, 2.75) is 45.4 Å². The summed E-state index contributed by atoms with van der Waals surface area (Å²) in [4.78, 5) is 0.887. The molecular formula is C11H19N5S. The maximum Gasteiger partial charge on any atom is 0.234 e. The zero-order valence-electron chi connectivity index (χ0n) is 10.6. The molecule has 6 heteroatoms. The summed E-state index contributed by atoms with van der Waals surface area (Å²) in [5.74, 6) is 0.925. The van der Waals surface area contributed by atoms with Crippen molar-refractivity contribution in [2.75, 3.05) is 6.54 Å². The van der Waals surface area contributed by atoms with Crippen molar-refractivity contribution in [3.8, 4) is 0 Å². The van der Waals surface area contributed by atoms with Gasteiger partial charge in [0.25, 0.3) is 0 Å². The number of hydrogen-bond donors (Lipinski definition) is 1. The minimum Gasteiger partial charge on any atom is -0.330 e. The van der Waals surface area contributed by atoms with Crippen molar-refractivity contribution in [1.82, 2.24) is 19.8 Å². The van der Waals surface area contributed by atoms with Crippen LogP contribution in [0.25, 0.3) is 4.96 Å². The number of fused-ring (bicyclic) bond motifs is 1. The fraction of sp³-hybridized carbons (Fsp3) is 0.727. The van der Waals surface area contributed by atoms with Crippen LogP contribution in [-0.4, -0.2) is 26.4 Å². The number of unbranched alkanes of at least 4 members (excludes halogenated alkanes) is 1. The summed E-state index contributed by atoms with van der Waals surface area (Å²) < 4.78 is 1.88. The Labute approximate surface area is 105 Å². The number of rotatable bonds is 4. The lowest BCUT2D eigenvalue weighted by molar-refractivity contribution is 0.526. The van der Waals surface area contributed by atoms with Crippen LogP contribution in [0.4, 0.5) is 0 Å². The number of aromatic nitrogens is 4. The second kappa shape index (κ2) is 4.70. The van der Waals surface area contributed by atoms with Gasteiger partial charge in [0.15, 0.2) is 5.82 Å². The Hall–Kier alpha value is -1.01. The van der Waals surface area contributed by atoms with Crippen molar-refractivity contribution in [2.24, 2.45) is 5.73 Å². The average molecular weight is 253 g/mol. The van der Waals surface area contributed by atoms with Gasteiger partial charge in [-0.05, 0) is 19.4 Å². The molecule has 2 N–H and O–H groups in total. The van der Waals surface area contributed by atoms with Crippen molar-refractivity contribution >= 4 is 16.3 Å². The molecule has 0 bridgehead atoms. The van der Waals surface area contributed by atoms with Crippen LogP contribution in [0.3, 0.4) is 0 Å². The second-order valence-electron chi connectivity index (χ2n) is 5.21. The summed E-state index contributed by atoms with van der Waals surface area (Å²) in [7, 11) is 0. The van der Waals surface area contributed by atoms with E-state index in [0.717, 1.165) is 41.6 Å². The highest BCUT2D eigenvalue weighted by molar-refractivity contribution is 7.16. The van der Waals surface area contributed by atoms with E-state index in [2.05, 4.69) is 36.1 Å². The van der Waals surface area contributed by atoms with Gasteiger partial charge in [-0.1, -0.05) is 32.1 Å². The average Bonchev–Trinajstić information content (AvgIpc) is 2.74. The minimum absolute atomic E-state index is 0.0258. The lowest BCUT2D eigenvalue weighted by Crippen LogP contribution is -2.16. The molecular weight excluding hydrogens is 234 g/mol. The van der Waals surface area contributed by atoms with E-state index in [4.69, 9.17) is 5.73 Å². The van der Waals surface area contributed by atoms with Crippen molar-refractivity contribution in [1.29, 1.82) is 0 Å². The highest BCUT2D eigenvalue weighted by Gasteiger charge is 2.23. The van der Waals surface area contributed by atoms with E-state index in [1.165, 1.54) is 0 Å². The summed E-state index contributed by atoms with van der Waals surface area (Å²) in [5, 5.41) is 14.1. The molecule has 2 heterocycles. The third kappa shape index (κ3) is 2.63. The fourth-order valence-corrected chi connectivity index (χ4v) is 2.52. The fourth-order valence-electron chi connectivity index (χ4n) is 1.65. The third-order valence-corrected chi connectivity index (χ3v) is 3.51. The molecule has 0 spiro atoms. The highest BCUT2D eigenvalue weighted by Crippen LogP contribution is 2.23. The first-order valence-electron chi connectivity index (χ1n) is 5.94. The molecule has 0 fully saturated rings. The van der Waals surface area contributed by atoms with E-state index in [9.17, 15) is 0 Å². The van der Waals surface area contributed by atoms with Gasteiger partial charge in [0.2, 0.25) is 4.96 Å². The van der Waals surface area contributed by atoms with Crippen molar-refractivity contribution in [3.63, 3.8) is 0 Å². The van der Waals surface area contributed by atoms with Gasteiger partial charge < -0.3 is 5.73 Å². The maximum absolute atomic E-state index is 5.48. The Morgan fingerprint density at radius 3 is 2.65 bits per heavy atom. The molecule has 0 unspecified atom stereocenters. The number of hydrogen-bond acceptors (Lipinski definition) is 5. The lowest BCUT2D eigenvalue weighted by Gasteiger charge is -2.13. The Balaban J connectivity index is 2.23. The van der Waals surface area contributed by atoms with E-state index in [-0.39, 0.29) is 5.41 Å². The van der Waals surface area contributed by atoms with Gasteiger partial charge in [0.05, 0.1) is 0 Å². The van der Waals surface area contributed by atoms with Crippen LogP contribution in [0.2, 0.25) is 0 Å². The summed E-state index contributed by atoms with van der Waals surface area (Å²) in [6.45, 7) is 7.11. The van der Waals surface area contributed by atoms with Crippen LogP contribution in [0.15, 0.2) is 0 Å². The SMILES string of the molecule is CC(C)(C)c1nnc2sc(CCCCN)nn12. The van der Waals surface area contributed by atoms with Crippen LogP contribution in [0, 0.1) is 0 Å². The van der Waals surface area contributed by atoms with Gasteiger partial charge in [-0.3, -0.25) is 0 Å². The molecule has 5 nitrogen and oxygen atoms in total. The molecule has 0 aliphatic heterocycles.